The maximum Gasteiger partial charge on any atom is 0.407 e. The lowest BCUT2D eigenvalue weighted by Crippen LogP contribution is -2.40. The average molecular weight is 522 g/mol. The summed E-state index contributed by atoms with van der Waals surface area (Å²) in [5, 5.41) is 18.0. The molecule has 11 nitrogen and oxygen atoms in total. The molecule has 4 N–H and O–H groups in total. The number of hydrogen-bond donors (Lipinski definition) is 3. The van der Waals surface area contributed by atoms with Crippen LogP contribution < -0.4 is 15.8 Å². The van der Waals surface area contributed by atoms with Crippen molar-refractivity contribution in [3.8, 4) is 17.0 Å². The number of halogens is 1. The van der Waals surface area contributed by atoms with Gasteiger partial charge in [0.25, 0.3) is 5.91 Å². The maximum absolute atomic E-state index is 12.8. The fourth-order valence-electron chi connectivity index (χ4n) is 4.59. The molecule has 12 heteroatoms. The second-order valence-electron chi connectivity index (χ2n) is 8.62. The number of likely N-dealkylation sites (tertiary alicyclic amines) is 1. The molecule has 1 atom stereocenters. The van der Waals surface area contributed by atoms with Crippen LogP contribution in [0, 0.1) is 0 Å². The summed E-state index contributed by atoms with van der Waals surface area (Å²) in [6.07, 6.45) is 3.49. The van der Waals surface area contributed by atoms with Crippen molar-refractivity contribution in [2.24, 2.45) is 0 Å². The number of carboxylic acid groups (broad SMARTS) is 1. The van der Waals surface area contributed by atoms with Crippen molar-refractivity contribution in [1.29, 1.82) is 0 Å². The van der Waals surface area contributed by atoms with Gasteiger partial charge in [0, 0.05) is 30.4 Å². The number of nitrogens with zero attached hydrogens (tertiary/aromatic N) is 5. The predicted octanol–water partition coefficient (Wildman–Crippen LogP) is 4.30. The van der Waals surface area contributed by atoms with Crippen LogP contribution in [0.5, 0.6) is 5.75 Å². The summed E-state index contributed by atoms with van der Waals surface area (Å²) < 4.78 is 7.38. The molecule has 4 aromatic rings. The number of fused-ring (bicyclic) bond motifs is 1. The molecule has 1 saturated heterocycles. The Bertz CT molecular complexity index is 1490. The SMILES string of the molecule is COc1cc(C(=O)Nc2ccccn2)ccc1-c1nn(C2CCCN(C(=O)O)C2)c2c(Cl)cnc(N)c12. The highest BCUT2D eigenvalue weighted by Crippen LogP contribution is 2.41. The minimum atomic E-state index is -0.977. The van der Waals surface area contributed by atoms with E-state index in [4.69, 9.17) is 27.2 Å². The average Bonchev–Trinajstić information content (AvgIpc) is 3.33. The molecule has 0 radical (unpaired) electrons. The van der Waals surface area contributed by atoms with Crippen molar-refractivity contribution in [2.75, 3.05) is 31.2 Å². The van der Waals surface area contributed by atoms with Crippen LogP contribution in [-0.4, -0.2) is 62.0 Å². The second-order valence-corrected chi connectivity index (χ2v) is 9.02. The fourth-order valence-corrected chi connectivity index (χ4v) is 4.82. The molecular weight excluding hydrogens is 498 g/mol. The van der Waals surface area contributed by atoms with Crippen LogP contribution in [0.15, 0.2) is 48.8 Å². The summed E-state index contributed by atoms with van der Waals surface area (Å²) in [7, 11) is 1.50. The molecular formula is C25H24ClN7O4. The van der Waals surface area contributed by atoms with Crippen molar-refractivity contribution >= 4 is 46.1 Å². The first-order chi connectivity index (χ1) is 17.9. The van der Waals surface area contributed by atoms with Crippen molar-refractivity contribution in [2.45, 2.75) is 18.9 Å². The van der Waals surface area contributed by atoms with Crippen LogP contribution >= 0.6 is 11.6 Å². The van der Waals surface area contributed by atoms with Gasteiger partial charge in [0.2, 0.25) is 0 Å². The summed E-state index contributed by atoms with van der Waals surface area (Å²) in [6, 6.07) is 9.98. The highest BCUT2D eigenvalue weighted by Gasteiger charge is 2.29. The number of anilines is 2. The molecule has 37 heavy (non-hydrogen) atoms. The molecule has 190 valence electrons. The number of aromatic nitrogens is 4. The number of pyridine rings is 2. The minimum Gasteiger partial charge on any atom is -0.496 e. The van der Waals surface area contributed by atoms with E-state index in [1.54, 1.807) is 47.3 Å². The number of rotatable bonds is 5. The van der Waals surface area contributed by atoms with E-state index < -0.39 is 6.09 Å². The zero-order valence-corrected chi connectivity index (χ0v) is 20.6. The van der Waals surface area contributed by atoms with Gasteiger partial charge in [-0.05, 0) is 43.2 Å². The van der Waals surface area contributed by atoms with Gasteiger partial charge in [-0.25, -0.2) is 14.8 Å². The summed E-state index contributed by atoms with van der Waals surface area (Å²) in [6.45, 7) is 0.735. The zero-order valence-electron chi connectivity index (χ0n) is 19.9. The van der Waals surface area contributed by atoms with E-state index in [0.29, 0.717) is 57.3 Å². The van der Waals surface area contributed by atoms with Crippen molar-refractivity contribution in [1.82, 2.24) is 24.6 Å². The predicted molar refractivity (Wildman–Crippen MR) is 139 cm³/mol. The van der Waals surface area contributed by atoms with Crippen LogP contribution in [-0.2, 0) is 0 Å². The Labute approximate surface area is 216 Å². The van der Waals surface area contributed by atoms with Gasteiger partial charge in [-0.3, -0.25) is 9.48 Å². The molecule has 1 aliphatic rings. The van der Waals surface area contributed by atoms with Gasteiger partial charge < -0.3 is 25.8 Å². The van der Waals surface area contributed by atoms with Crippen LogP contribution in [0.3, 0.4) is 0 Å². The van der Waals surface area contributed by atoms with Gasteiger partial charge in [-0.1, -0.05) is 17.7 Å². The van der Waals surface area contributed by atoms with E-state index in [1.165, 1.54) is 18.2 Å². The molecule has 2 amide bonds. The smallest absolute Gasteiger partial charge is 0.407 e. The standard InChI is InChI=1S/C25H24ClN7O4/c1-37-18-11-14(24(34)30-19-6-2-3-9-28-19)7-8-16(18)21-20-22(17(26)12-29-23(20)27)33(31-21)15-5-4-10-32(13-15)25(35)36/h2-3,6-9,11-12,15H,4-5,10,13H2,1H3,(H2,27,29)(H,35,36)(H,28,30,34). The van der Waals surface area contributed by atoms with Crippen LogP contribution in [0.1, 0.15) is 29.2 Å². The van der Waals surface area contributed by atoms with Gasteiger partial charge in [0.15, 0.2) is 0 Å². The molecule has 0 bridgehead atoms. The third-order valence-electron chi connectivity index (χ3n) is 6.35. The first-order valence-corrected chi connectivity index (χ1v) is 12.0. The normalized spacial score (nSPS) is 15.5. The Hall–Kier alpha value is -4.38. The van der Waals surface area contributed by atoms with Gasteiger partial charge in [-0.2, -0.15) is 5.10 Å². The maximum atomic E-state index is 12.8. The third kappa shape index (κ3) is 4.60. The molecule has 0 aliphatic carbocycles. The third-order valence-corrected chi connectivity index (χ3v) is 6.62. The van der Waals surface area contributed by atoms with Crippen LogP contribution in [0.4, 0.5) is 16.4 Å². The molecule has 1 unspecified atom stereocenters. The fraction of sp³-hybridized carbons (Fsp3) is 0.240. The number of methoxy groups -OCH3 is 1. The topological polar surface area (TPSA) is 148 Å². The number of carbonyl (C=O) groups excluding carboxylic acids is 1. The minimum absolute atomic E-state index is 0.227. The van der Waals surface area contributed by atoms with E-state index >= 15 is 0 Å². The van der Waals surface area contributed by atoms with E-state index in [1.807, 2.05) is 0 Å². The monoisotopic (exact) mass is 521 g/mol. The number of ether oxygens (including phenoxy) is 1. The number of hydrogen-bond acceptors (Lipinski definition) is 7. The van der Waals surface area contributed by atoms with E-state index in [9.17, 15) is 14.7 Å². The number of piperidine rings is 1. The summed E-state index contributed by atoms with van der Waals surface area (Å²) in [4.78, 5) is 34.1. The molecule has 1 aromatic carbocycles. The highest BCUT2D eigenvalue weighted by atomic mass is 35.5. The van der Waals surface area contributed by atoms with Gasteiger partial charge >= 0.3 is 6.09 Å². The molecule has 1 aliphatic heterocycles. The lowest BCUT2D eigenvalue weighted by Gasteiger charge is -2.31. The summed E-state index contributed by atoms with van der Waals surface area (Å²) in [5.74, 6) is 0.705. The largest absolute Gasteiger partial charge is 0.496 e. The lowest BCUT2D eigenvalue weighted by molar-refractivity contribution is 0.102. The Morgan fingerprint density at radius 2 is 2.08 bits per heavy atom. The number of nitrogens with two attached hydrogens (primary N) is 1. The number of nitrogens with one attached hydrogen (secondary N) is 1. The molecule has 3 aromatic heterocycles. The summed E-state index contributed by atoms with van der Waals surface area (Å²) >= 11 is 6.57. The Kier molecular flexibility index (Phi) is 6.53. The number of amides is 2. The van der Waals surface area contributed by atoms with Gasteiger partial charge in [-0.15, -0.1) is 0 Å². The Balaban J connectivity index is 1.59. The quantitative estimate of drug-likeness (QED) is 0.352. The Morgan fingerprint density at radius 3 is 2.81 bits per heavy atom. The summed E-state index contributed by atoms with van der Waals surface area (Å²) in [5.41, 5.74) is 8.29. The molecule has 4 heterocycles. The second kappa shape index (κ2) is 9.94. The van der Waals surface area contributed by atoms with Crippen LogP contribution in [0.2, 0.25) is 5.02 Å². The van der Waals surface area contributed by atoms with Crippen molar-refractivity contribution < 1.29 is 19.4 Å². The van der Waals surface area contributed by atoms with E-state index in [-0.39, 0.29) is 24.3 Å². The highest BCUT2D eigenvalue weighted by molar-refractivity contribution is 6.35. The van der Waals surface area contributed by atoms with Crippen molar-refractivity contribution in [3.63, 3.8) is 0 Å². The first-order valence-electron chi connectivity index (χ1n) is 11.6. The van der Waals surface area contributed by atoms with Crippen molar-refractivity contribution in [3.05, 3.63) is 59.4 Å². The first kappa shape index (κ1) is 24.3. The molecule has 1 fully saturated rings. The molecule has 5 rings (SSSR count). The zero-order chi connectivity index (χ0) is 26.1. The molecule has 0 spiro atoms. The van der Waals surface area contributed by atoms with Gasteiger partial charge in [0.05, 0.1) is 35.3 Å². The van der Waals surface area contributed by atoms with Gasteiger partial charge in [0.1, 0.15) is 23.1 Å². The number of benzene rings is 1. The van der Waals surface area contributed by atoms with E-state index in [0.717, 1.165) is 6.42 Å². The molecule has 0 saturated carbocycles. The number of carbonyl (C=O) groups is 2. The van der Waals surface area contributed by atoms with E-state index in [2.05, 4.69) is 15.3 Å². The number of nitrogen functional groups attached to an aromatic ring is 1. The Morgan fingerprint density at radius 1 is 1.24 bits per heavy atom. The lowest BCUT2D eigenvalue weighted by atomic mass is 10.0. The van der Waals surface area contributed by atoms with Crippen LogP contribution in [0.25, 0.3) is 22.2 Å².